The van der Waals surface area contributed by atoms with Crippen LogP contribution in [0.5, 0.6) is 5.75 Å². The summed E-state index contributed by atoms with van der Waals surface area (Å²) in [4.78, 5) is 0. The first-order valence-electron chi connectivity index (χ1n) is 6.21. The third-order valence-corrected chi connectivity index (χ3v) is 3.91. The fourth-order valence-electron chi connectivity index (χ4n) is 2.43. The van der Waals surface area contributed by atoms with E-state index in [1.54, 1.807) is 12.1 Å². The van der Waals surface area contributed by atoms with E-state index in [0.717, 1.165) is 0 Å². The number of ether oxygens (including phenoxy) is 1. The molecule has 0 aromatic heterocycles. The number of rotatable bonds is 1. The maximum atomic E-state index is 14.0. The van der Waals surface area contributed by atoms with Crippen LogP contribution in [0.25, 0.3) is 0 Å². The number of fused-ring (bicyclic) bond motifs is 1. The summed E-state index contributed by atoms with van der Waals surface area (Å²) in [6.07, 6.45) is -0.0503. The van der Waals surface area contributed by atoms with Gasteiger partial charge in [0.2, 0.25) is 0 Å². The first-order valence-corrected chi connectivity index (χ1v) is 7.00. The minimum atomic E-state index is -0.462. The molecule has 0 saturated heterocycles. The van der Waals surface area contributed by atoms with Crippen molar-refractivity contribution in [2.24, 2.45) is 5.73 Å². The lowest BCUT2D eigenvalue weighted by atomic mass is 9.93. The van der Waals surface area contributed by atoms with E-state index in [-0.39, 0.29) is 17.7 Å². The average Bonchev–Trinajstić information content (AvgIpc) is 2.39. The zero-order chi connectivity index (χ0) is 14.3. The molecule has 1 aliphatic heterocycles. The van der Waals surface area contributed by atoms with E-state index < -0.39 is 6.10 Å². The predicted octanol–water partition coefficient (Wildman–Crippen LogP) is 4.25. The van der Waals surface area contributed by atoms with Gasteiger partial charge in [0.05, 0.1) is 0 Å². The molecular formula is C15H12BrF2NO. The fourth-order valence-corrected chi connectivity index (χ4v) is 2.76. The summed E-state index contributed by atoms with van der Waals surface area (Å²) in [6.45, 7) is 0. The predicted molar refractivity (Wildman–Crippen MR) is 75.4 cm³/mol. The first kappa shape index (κ1) is 13.5. The van der Waals surface area contributed by atoms with Crippen LogP contribution in [0, 0.1) is 11.6 Å². The molecule has 2 N–H and O–H groups in total. The van der Waals surface area contributed by atoms with Crippen LogP contribution in [0.2, 0.25) is 0 Å². The van der Waals surface area contributed by atoms with Crippen molar-refractivity contribution in [3.05, 3.63) is 63.6 Å². The molecule has 0 saturated carbocycles. The van der Waals surface area contributed by atoms with Gasteiger partial charge < -0.3 is 10.5 Å². The molecule has 2 aromatic rings. The van der Waals surface area contributed by atoms with Crippen molar-refractivity contribution in [1.82, 2.24) is 0 Å². The molecule has 5 heteroatoms. The average molecular weight is 340 g/mol. The summed E-state index contributed by atoms with van der Waals surface area (Å²) in [5.74, 6) is -0.185. The SMILES string of the molecule is NC1CC(c2ccc(Br)cc2F)Oc2ccc(F)cc21. The van der Waals surface area contributed by atoms with Crippen LogP contribution in [0.3, 0.4) is 0 Å². The van der Waals surface area contributed by atoms with Crippen molar-refractivity contribution in [2.45, 2.75) is 18.6 Å². The van der Waals surface area contributed by atoms with E-state index in [2.05, 4.69) is 15.9 Å². The van der Waals surface area contributed by atoms with Gasteiger partial charge in [-0.05, 0) is 30.3 Å². The van der Waals surface area contributed by atoms with Gasteiger partial charge in [-0.1, -0.05) is 22.0 Å². The maximum absolute atomic E-state index is 14.0. The van der Waals surface area contributed by atoms with Crippen LogP contribution >= 0.6 is 15.9 Å². The van der Waals surface area contributed by atoms with Crippen molar-refractivity contribution < 1.29 is 13.5 Å². The number of hydrogen-bond donors (Lipinski definition) is 1. The second kappa shape index (κ2) is 5.14. The molecule has 1 heterocycles. The summed E-state index contributed by atoms with van der Waals surface area (Å²) in [5.41, 5.74) is 7.13. The molecule has 1 aliphatic rings. The Morgan fingerprint density at radius 1 is 1.10 bits per heavy atom. The van der Waals surface area contributed by atoms with Crippen LogP contribution in [0.4, 0.5) is 8.78 Å². The molecule has 0 bridgehead atoms. The van der Waals surface area contributed by atoms with E-state index in [0.29, 0.717) is 27.8 Å². The quantitative estimate of drug-likeness (QED) is 0.842. The Labute approximate surface area is 123 Å². The van der Waals surface area contributed by atoms with Crippen LogP contribution in [-0.2, 0) is 0 Å². The molecule has 104 valence electrons. The molecule has 0 radical (unpaired) electrons. The Morgan fingerprint density at radius 3 is 2.65 bits per heavy atom. The Kier molecular flexibility index (Phi) is 3.48. The van der Waals surface area contributed by atoms with Crippen LogP contribution in [-0.4, -0.2) is 0 Å². The first-order chi connectivity index (χ1) is 9.54. The van der Waals surface area contributed by atoms with Gasteiger partial charge in [0.15, 0.2) is 0 Å². The zero-order valence-electron chi connectivity index (χ0n) is 10.4. The lowest BCUT2D eigenvalue weighted by molar-refractivity contribution is 0.157. The van der Waals surface area contributed by atoms with Gasteiger partial charge in [0.1, 0.15) is 23.5 Å². The Balaban J connectivity index is 1.97. The monoisotopic (exact) mass is 339 g/mol. The largest absolute Gasteiger partial charge is 0.485 e. The number of nitrogens with two attached hydrogens (primary N) is 1. The van der Waals surface area contributed by atoms with Crippen molar-refractivity contribution in [3.8, 4) is 5.75 Å². The standard InChI is InChI=1S/C15H12BrF2NO/c16-8-1-3-10(12(18)5-8)15-7-13(19)11-6-9(17)2-4-14(11)20-15/h1-6,13,15H,7,19H2. The molecule has 2 nitrogen and oxygen atoms in total. The van der Waals surface area contributed by atoms with Gasteiger partial charge >= 0.3 is 0 Å². The Morgan fingerprint density at radius 2 is 1.90 bits per heavy atom. The van der Waals surface area contributed by atoms with E-state index in [1.807, 2.05) is 0 Å². The third kappa shape index (κ3) is 2.43. The van der Waals surface area contributed by atoms with E-state index in [9.17, 15) is 8.78 Å². The highest BCUT2D eigenvalue weighted by Crippen LogP contribution is 2.40. The highest BCUT2D eigenvalue weighted by molar-refractivity contribution is 9.10. The summed E-state index contributed by atoms with van der Waals surface area (Å²) in [5, 5.41) is 0. The molecule has 0 fully saturated rings. The fraction of sp³-hybridized carbons (Fsp3) is 0.200. The second-order valence-corrected chi connectivity index (χ2v) is 5.71. The minimum Gasteiger partial charge on any atom is -0.485 e. The molecular weight excluding hydrogens is 328 g/mol. The second-order valence-electron chi connectivity index (χ2n) is 4.80. The van der Waals surface area contributed by atoms with Crippen molar-refractivity contribution in [2.75, 3.05) is 0 Å². The molecule has 0 aliphatic carbocycles. The number of halogens is 3. The third-order valence-electron chi connectivity index (χ3n) is 3.42. The van der Waals surface area contributed by atoms with Gasteiger partial charge in [-0.25, -0.2) is 8.78 Å². The Bertz CT molecular complexity index is 662. The van der Waals surface area contributed by atoms with Crippen molar-refractivity contribution in [3.63, 3.8) is 0 Å². The summed E-state index contributed by atoms with van der Waals surface area (Å²) in [7, 11) is 0. The van der Waals surface area contributed by atoms with Crippen LogP contribution in [0.15, 0.2) is 40.9 Å². The normalized spacial score (nSPS) is 21.2. The molecule has 20 heavy (non-hydrogen) atoms. The molecule has 2 atom stereocenters. The highest BCUT2D eigenvalue weighted by atomic mass is 79.9. The molecule has 2 unspecified atom stereocenters. The summed E-state index contributed by atoms with van der Waals surface area (Å²) >= 11 is 3.22. The van der Waals surface area contributed by atoms with Crippen LogP contribution < -0.4 is 10.5 Å². The van der Waals surface area contributed by atoms with E-state index >= 15 is 0 Å². The van der Waals surface area contributed by atoms with Crippen molar-refractivity contribution in [1.29, 1.82) is 0 Å². The molecule has 0 amide bonds. The van der Waals surface area contributed by atoms with Gasteiger partial charge in [-0.3, -0.25) is 0 Å². The van der Waals surface area contributed by atoms with Crippen molar-refractivity contribution >= 4 is 15.9 Å². The van der Waals surface area contributed by atoms with E-state index in [4.69, 9.17) is 10.5 Å². The zero-order valence-corrected chi connectivity index (χ0v) is 12.0. The van der Waals surface area contributed by atoms with Gasteiger partial charge in [-0.2, -0.15) is 0 Å². The molecule has 3 rings (SSSR count). The number of benzene rings is 2. The van der Waals surface area contributed by atoms with Gasteiger partial charge in [-0.15, -0.1) is 0 Å². The lowest BCUT2D eigenvalue weighted by Gasteiger charge is -2.30. The topological polar surface area (TPSA) is 35.2 Å². The number of hydrogen-bond acceptors (Lipinski definition) is 2. The molecule has 2 aromatic carbocycles. The minimum absolute atomic E-state index is 0.345. The maximum Gasteiger partial charge on any atom is 0.131 e. The molecule has 0 spiro atoms. The van der Waals surface area contributed by atoms with Crippen LogP contribution in [0.1, 0.15) is 29.7 Å². The smallest absolute Gasteiger partial charge is 0.131 e. The highest BCUT2D eigenvalue weighted by Gasteiger charge is 2.29. The van der Waals surface area contributed by atoms with E-state index in [1.165, 1.54) is 24.3 Å². The lowest BCUT2D eigenvalue weighted by Crippen LogP contribution is -2.24. The summed E-state index contributed by atoms with van der Waals surface area (Å²) in [6, 6.07) is 8.67. The van der Waals surface area contributed by atoms with Gasteiger partial charge in [0.25, 0.3) is 0 Å². The summed E-state index contributed by atoms with van der Waals surface area (Å²) < 4.78 is 33.6. The van der Waals surface area contributed by atoms with Gasteiger partial charge in [0, 0.05) is 28.1 Å². The Hall–Kier alpha value is -1.46.